The van der Waals surface area contributed by atoms with Crippen LogP contribution in [0.1, 0.15) is 105 Å². The molecule has 0 radical (unpaired) electrons. The molecule has 0 aromatic rings. The van der Waals surface area contributed by atoms with Crippen LogP contribution in [-0.2, 0) is 42.9 Å². The summed E-state index contributed by atoms with van der Waals surface area (Å²) in [5, 5.41) is 34.1. The average molecular weight is 804 g/mol. The quantitative estimate of drug-likeness (QED) is 0.185. The molecule has 3 fully saturated rings. The SMILES string of the molecule is C=CC[C@@H]1/C=C(\C)C[C@H](C)CC(OC)[C@H]2O[C@@](O)(C(=O)C(=O)N3CCCC[C@H]3C(=O)O[C@H](/C(C)=C/[C@@H]3CC[C@@H](O)[C@H](OC)C3)[C@H](C)[C@@H](O)CC1=O)[C@H](C)C[C@@H]2OC. The van der Waals surface area contributed by atoms with Crippen molar-refractivity contribution in [3.8, 4) is 0 Å². The number of carbonyl (C=O) groups excluding carboxylic acids is 4. The lowest BCUT2D eigenvalue weighted by Gasteiger charge is -2.47. The van der Waals surface area contributed by atoms with Crippen LogP contribution in [0.25, 0.3) is 0 Å². The van der Waals surface area contributed by atoms with Gasteiger partial charge in [0.15, 0.2) is 0 Å². The zero-order valence-corrected chi connectivity index (χ0v) is 35.4. The number of esters is 1. The van der Waals surface area contributed by atoms with E-state index in [0.29, 0.717) is 56.9 Å². The van der Waals surface area contributed by atoms with Crippen molar-refractivity contribution in [3.63, 3.8) is 0 Å². The first-order valence-corrected chi connectivity index (χ1v) is 20.9. The van der Waals surface area contributed by atoms with Gasteiger partial charge in [-0.15, -0.1) is 6.58 Å². The number of Topliss-reactive ketones (excluding diaryl/α,β-unsaturated/α-hetero) is 2. The van der Waals surface area contributed by atoms with Gasteiger partial charge in [-0.2, -0.15) is 0 Å². The van der Waals surface area contributed by atoms with E-state index in [1.807, 2.05) is 32.9 Å². The molecular weight excluding hydrogens is 734 g/mol. The number of piperidine rings is 1. The van der Waals surface area contributed by atoms with Gasteiger partial charge in [-0.3, -0.25) is 14.4 Å². The van der Waals surface area contributed by atoms with Crippen LogP contribution in [0.5, 0.6) is 0 Å². The molecule has 4 aliphatic rings. The molecule has 0 spiro atoms. The lowest BCUT2D eigenvalue weighted by atomic mass is 9.81. The van der Waals surface area contributed by atoms with E-state index in [-0.39, 0.29) is 49.5 Å². The monoisotopic (exact) mass is 803 g/mol. The molecule has 3 aliphatic heterocycles. The van der Waals surface area contributed by atoms with Crippen LogP contribution >= 0.6 is 0 Å². The van der Waals surface area contributed by atoms with E-state index in [4.69, 9.17) is 23.7 Å². The number of allylic oxidation sites excluding steroid dienone is 4. The third-order valence-electron chi connectivity index (χ3n) is 12.9. The molecule has 322 valence electrons. The summed E-state index contributed by atoms with van der Waals surface area (Å²) in [7, 11) is 4.61. The molecule has 1 aliphatic carbocycles. The first kappa shape index (κ1) is 46.9. The van der Waals surface area contributed by atoms with Crippen molar-refractivity contribution in [1.82, 2.24) is 4.90 Å². The Labute approximate surface area is 339 Å². The Morgan fingerprint density at radius 2 is 1.60 bits per heavy atom. The van der Waals surface area contributed by atoms with Gasteiger partial charge in [0.2, 0.25) is 5.79 Å². The topological polar surface area (TPSA) is 178 Å². The predicted molar refractivity (Wildman–Crippen MR) is 213 cm³/mol. The van der Waals surface area contributed by atoms with E-state index in [0.717, 1.165) is 5.57 Å². The highest BCUT2D eigenvalue weighted by Gasteiger charge is 2.56. The van der Waals surface area contributed by atoms with E-state index in [1.165, 1.54) is 19.1 Å². The smallest absolute Gasteiger partial charge is 0.329 e. The second-order valence-corrected chi connectivity index (χ2v) is 17.3. The Balaban J connectivity index is 1.78. The maximum absolute atomic E-state index is 14.3. The number of aliphatic hydroxyl groups is 3. The minimum absolute atomic E-state index is 0.00988. The number of aliphatic hydroxyl groups excluding tert-OH is 2. The molecule has 57 heavy (non-hydrogen) atoms. The number of amides is 1. The molecule has 0 aromatic heterocycles. The van der Waals surface area contributed by atoms with E-state index in [2.05, 4.69) is 6.58 Å². The Hall–Kier alpha value is -2.78. The summed E-state index contributed by atoms with van der Waals surface area (Å²) < 4.78 is 29.7. The third kappa shape index (κ3) is 11.3. The molecule has 2 saturated heterocycles. The number of fused-ring (bicyclic) bond motifs is 3. The number of methoxy groups -OCH3 is 3. The normalized spacial score (nSPS) is 41.0. The second-order valence-electron chi connectivity index (χ2n) is 17.3. The van der Waals surface area contributed by atoms with Crippen molar-refractivity contribution in [1.29, 1.82) is 0 Å². The minimum atomic E-state index is -2.51. The highest BCUT2D eigenvalue weighted by Crippen LogP contribution is 2.39. The fourth-order valence-electron chi connectivity index (χ4n) is 9.42. The van der Waals surface area contributed by atoms with Crippen LogP contribution in [-0.4, -0.2) is 126 Å². The minimum Gasteiger partial charge on any atom is -0.456 e. The Morgan fingerprint density at radius 3 is 2.25 bits per heavy atom. The first-order valence-electron chi connectivity index (χ1n) is 20.9. The molecule has 0 aromatic carbocycles. The number of hydrogen-bond acceptors (Lipinski definition) is 12. The number of hydrogen-bond donors (Lipinski definition) is 3. The lowest BCUT2D eigenvalue weighted by Crippen LogP contribution is -2.64. The van der Waals surface area contributed by atoms with Crippen LogP contribution in [0, 0.1) is 29.6 Å². The molecule has 3 N–H and O–H groups in total. The summed E-state index contributed by atoms with van der Waals surface area (Å²) in [6.07, 6.45) is 4.93. The van der Waals surface area contributed by atoms with Crippen molar-refractivity contribution in [3.05, 3.63) is 36.0 Å². The van der Waals surface area contributed by atoms with E-state index in [1.54, 1.807) is 27.0 Å². The van der Waals surface area contributed by atoms with E-state index < -0.39 is 83.9 Å². The zero-order valence-electron chi connectivity index (χ0n) is 35.4. The van der Waals surface area contributed by atoms with Crippen LogP contribution < -0.4 is 0 Å². The molecule has 13 heteroatoms. The molecular formula is C44H69NO12. The maximum Gasteiger partial charge on any atom is 0.329 e. The van der Waals surface area contributed by atoms with Crippen molar-refractivity contribution < 1.29 is 58.2 Å². The van der Waals surface area contributed by atoms with Crippen molar-refractivity contribution in [2.75, 3.05) is 27.9 Å². The van der Waals surface area contributed by atoms with Gasteiger partial charge in [0.05, 0.1) is 30.5 Å². The molecule has 1 unspecified atom stereocenters. The highest BCUT2D eigenvalue weighted by molar-refractivity contribution is 6.39. The summed E-state index contributed by atoms with van der Waals surface area (Å²) in [6, 6.07) is -1.14. The van der Waals surface area contributed by atoms with Gasteiger partial charge in [-0.25, -0.2) is 4.79 Å². The Kier molecular flexibility index (Phi) is 17.2. The summed E-state index contributed by atoms with van der Waals surface area (Å²) in [5.74, 6) is -7.76. The number of rotatable bonds is 7. The number of carbonyl (C=O) groups is 4. The number of ketones is 2. The van der Waals surface area contributed by atoms with Crippen LogP contribution in [0.4, 0.5) is 0 Å². The summed E-state index contributed by atoms with van der Waals surface area (Å²) in [4.78, 5) is 57.8. The van der Waals surface area contributed by atoms with Crippen LogP contribution in [0.3, 0.4) is 0 Å². The molecule has 2 bridgehead atoms. The van der Waals surface area contributed by atoms with Gasteiger partial charge in [-0.1, -0.05) is 44.6 Å². The molecule has 13 nitrogen and oxygen atoms in total. The third-order valence-corrected chi connectivity index (χ3v) is 12.9. The molecule has 3 heterocycles. The average Bonchev–Trinajstić information content (AvgIpc) is 3.18. The molecule has 1 saturated carbocycles. The second kappa shape index (κ2) is 21.0. The molecule has 14 atom stereocenters. The van der Waals surface area contributed by atoms with E-state index >= 15 is 0 Å². The van der Waals surface area contributed by atoms with E-state index in [9.17, 15) is 34.5 Å². The molecule has 4 rings (SSSR count). The highest BCUT2D eigenvalue weighted by atomic mass is 16.7. The number of nitrogens with zero attached hydrogens (tertiary/aromatic N) is 1. The summed E-state index contributed by atoms with van der Waals surface area (Å²) in [5.41, 5.74) is 1.61. The van der Waals surface area contributed by atoms with Crippen molar-refractivity contribution >= 4 is 23.4 Å². The van der Waals surface area contributed by atoms with Crippen molar-refractivity contribution in [2.45, 2.75) is 160 Å². The maximum atomic E-state index is 14.3. The van der Waals surface area contributed by atoms with Gasteiger partial charge in [0, 0.05) is 52.0 Å². The zero-order chi connectivity index (χ0) is 42.2. The number of cyclic esters (lactones) is 1. The summed E-state index contributed by atoms with van der Waals surface area (Å²) >= 11 is 0. The fourth-order valence-corrected chi connectivity index (χ4v) is 9.42. The Morgan fingerprint density at radius 1 is 0.930 bits per heavy atom. The van der Waals surface area contributed by atoms with Crippen molar-refractivity contribution in [2.24, 2.45) is 29.6 Å². The van der Waals surface area contributed by atoms with Crippen LogP contribution in [0.15, 0.2) is 36.0 Å². The van der Waals surface area contributed by atoms with Crippen LogP contribution in [0.2, 0.25) is 0 Å². The largest absolute Gasteiger partial charge is 0.456 e. The fraction of sp³-hybridized carbons (Fsp3) is 0.773. The predicted octanol–water partition coefficient (Wildman–Crippen LogP) is 4.64. The van der Waals surface area contributed by atoms with Gasteiger partial charge in [0.1, 0.15) is 24.0 Å². The molecule has 1 amide bonds. The van der Waals surface area contributed by atoms with Gasteiger partial charge in [-0.05, 0) is 95.5 Å². The first-order chi connectivity index (χ1) is 27.0. The van der Waals surface area contributed by atoms with Gasteiger partial charge in [0.25, 0.3) is 11.7 Å². The standard InChI is InChI=1S/C44H69NO12/c1-10-13-31-19-25(2)18-26(3)20-37(54-8)40-38(55-9)22-28(5)44(52,57-40)41(49)42(50)45-17-12-11-14-32(45)43(51)56-39(29(6)34(47)24-35(31)48)27(4)21-30-15-16-33(46)36(23-30)53-7/h10,19,21,26,28-34,36-40,46-47,52H,1,11-18,20,22-24H2,2-9H3/b25-19+,27-21+/t26-,28+,29+,30-,31+,32-,33+,34-,36+,37?,38-,39+,40+,44+/m0/s1. The number of ether oxygens (including phenoxy) is 5. The van der Waals surface area contributed by atoms with Gasteiger partial charge >= 0.3 is 5.97 Å². The summed E-state index contributed by atoms with van der Waals surface area (Å²) in [6.45, 7) is 13.1. The lowest BCUT2D eigenvalue weighted by molar-refractivity contribution is -0.302. The Bertz CT molecular complexity index is 1480. The van der Waals surface area contributed by atoms with Gasteiger partial charge < -0.3 is 43.9 Å².